The first-order valence-electron chi connectivity index (χ1n) is 6.54. The molecule has 1 saturated carbocycles. The van der Waals surface area contributed by atoms with E-state index in [4.69, 9.17) is 4.74 Å². The Kier molecular flexibility index (Phi) is 4.60. The van der Waals surface area contributed by atoms with Crippen molar-refractivity contribution in [2.75, 3.05) is 7.11 Å². The molecule has 0 aromatic carbocycles. The Labute approximate surface area is 108 Å². The fourth-order valence-electron chi connectivity index (χ4n) is 2.70. The standard InChI is InChI=1S/C14H23NOS/c1-10(2)14(13-8-5-9-17-13)15-11-6-4-7-12(11)16-3/h5,8-12,14-15H,4,6-7H2,1-3H3. The van der Waals surface area contributed by atoms with E-state index in [9.17, 15) is 0 Å². The van der Waals surface area contributed by atoms with E-state index in [-0.39, 0.29) is 0 Å². The van der Waals surface area contributed by atoms with Crippen LogP contribution in [0.1, 0.15) is 44.0 Å². The second-order valence-corrected chi connectivity index (χ2v) is 6.19. The van der Waals surface area contributed by atoms with Gasteiger partial charge in [-0.3, -0.25) is 0 Å². The van der Waals surface area contributed by atoms with Crippen LogP contribution < -0.4 is 5.32 Å². The van der Waals surface area contributed by atoms with Crippen LogP contribution in [0.3, 0.4) is 0 Å². The van der Waals surface area contributed by atoms with E-state index in [0.717, 1.165) is 0 Å². The van der Waals surface area contributed by atoms with Crippen LogP contribution in [0.5, 0.6) is 0 Å². The highest BCUT2D eigenvalue weighted by Gasteiger charge is 2.30. The highest BCUT2D eigenvalue weighted by Crippen LogP contribution is 2.30. The van der Waals surface area contributed by atoms with Gasteiger partial charge in [0.2, 0.25) is 0 Å². The third kappa shape index (κ3) is 3.09. The molecule has 1 aromatic heterocycles. The average Bonchev–Trinajstić information content (AvgIpc) is 2.96. The second kappa shape index (κ2) is 5.98. The van der Waals surface area contributed by atoms with Crippen LogP contribution in [0.25, 0.3) is 0 Å². The molecular formula is C14H23NOS. The summed E-state index contributed by atoms with van der Waals surface area (Å²) < 4.78 is 5.56. The van der Waals surface area contributed by atoms with Gasteiger partial charge >= 0.3 is 0 Å². The van der Waals surface area contributed by atoms with E-state index in [2.05, 4.69) is 36.7 Å². The lowest BCUT2D eigenvalue weighted by atomic mass is 10.0. The molecule has 0 aliphatic heterocycles. The van der Waals surface area contributed by atoms with Crippen LogP contribution in [0.2, 0.25) is 0 Å². The van der Waals surface area contributed by atoms with Crippen molar-refractivity contribution < 1.29 is 4.74 Å². The third-order valence-electron chi connectivity index (χ3n) is 3.67. The Morgan fingerprint density at radius 2 is 2.24 bits per heavy atom. The zero-order chi connectivity index (χ0) is 12.3. The van der Waals surface area contributed by atoms with Crippen molar-refractivity contribution in [2.45, 2.75) is 51.3 Å². The molecule has 0 saturated heterocycles. The van der Waals surface area contributed by atoms with Crippen molar-refractivity contribution >= 4 is 11.3 Å². The van der Waals surface area contributed by atoms with Gasteiger partial charge in [-0.05, 0) is 36.6 Å². The fraction of sp³-hybridized carbons (Fsp3) is 0.714. The molecule has 0 spiro atoms. The Hall–Kier alpha value is -0.380. The Bertz CT molecular complexity index is 323. The second-order valence-electron chi connectivity index (χ2n) is 5.22. The summed E-state index contributed by atoms with van der Waals surface area (Å²) in [6.07, 6.45) is 4.12. The van der Waals surface area contributed by atoms with Gasteiger partial charge in [-0.15, -0.1) is 11.3 Å². The molecule has 1 aromatic rings. The lowest BCUT2D eigenvalue weighted by Crippen LogP contribution is -2.40. The van der Waals surface area contributed by atoms with E-state index >= 15 is 0 Å². The summed E-state index contributed by atoms with van der Waals surface area (Å²) in [4.78, 5) is 1.45. The molecule has 1 aliphatic carbocycles. The van der Waals surface area contributed by atoms with E-state index in [1.54, 1.807) is 0 Å². The predicted octanol–water partition coefficient (Wildman–Crippen LogP) is 3.60. The number of hydrogen-bond acceptors (Lipinski definition) is 3. The molecule has 1 fully saturated rings. The Morgan fingerprint density at radius 3 is 2.82 bits per heavy atom. The predicted molar refractivity (Wildman–Crippen MR) is 73.5 cm³/mol. The zero-order valence-electron chi connectivity index (χ0n) is 11.0. The molecule has 17 heavy (non-hydrogen) atoms. The summed E-state index contributed by atoms with van der Waals surface area (Å²) in [5.41, 5.74) is 0. The van der Waals surface area contributed by atoms with Gasteiger partial charge < -0.3 is 10.1 Å². The number of nitrogens with one attached hydrogen (secondary N) is 1. The van der Waals surface area contributed by atoms with Crippen LogP contribution in [0, 0.1) is 5.92 Å². The summed E-state index contributed by atoms with van der Waals surface area (Å²) >= 11 is 1.85. The Balaban J connectivity index is 2.03. The van der Waals surface area contributed by atoms with E-state index in [1.165, 1.54) is 24.1 Å². The van der Waals surface area contributed by atoms with Gasteiger partial charge in [-0.2, -0.15) is 0 Å². The van der Waals surface area contributed by atoms with Crippen LogP contribution in [-0.2, 0) is 4.74 Å². The van der Waals surface area contributed by atoms with Crippen molar-refractivity contribution in [1.29, 1.82) is 0 Å². The number of rotatable bonds is 5. The lowest BCUT2D eigenvalue weighted by Gasteiger charge is -2.28. The van der Waals surface area contributed by atoms with E-state index in [1.807, 2.05) is 18.4 Å². The monoisotopic (exact) mass is 253 g/mol. The first kappa shape index (κ1) is 13.1. The molecule has 0 amide bonds. The van der Waals surface area contributed by atoms with Crippen molar-refractivity contribution in [3.8, 4) is 0 Å². The average molecular weight is 253 g/mol. The number of hydrogen-bond donors (Lipinski definition) is 1. The zero-order valence-corrected chi connectivity index (χ0v) is 11.8. The van der Waals surface area contributed by atoms with Crippen LogP contribution in [0.4, 0.5) is 0 Å². The van der Waals surface area contributed by atoms with Crippen molar-refractivity contribution in [2.24, 2.45) is 5.92 Å². The van der Waals surface area contributed by atoms with Gasteiger partial charge in [0, 0.05) is 24.1 Å². The normalized spacial score (nSPS) is 26.6. The molecule has 2 nitrogen and oxygen atoms in total. The van der Waals surface area contributed by atoms with Gasteiger partial charge in [0.1, 0.15) is 0 Å². The topological polar surface area (TPSA) is 21.3 Å². The molecule has 3 unspecified atom stereocenters. The van der Waals surface area contributed by atoms with Crippen molar-refractivity contribution in [3.05, 3.63) is 22.4 Å². The molecule has 0 bridgehead atoms. The lowest BCUT2D eigenvalue weighted by molar-refractivity contribution is 0.0789. The van der Waals surface area contributed by atoms with Gasteiger partial charge in [0.15, 0.2) is 0 Å². The maximum atomic E-state index is 5.56. The van der Waals surface area contributed by atoms with Gasteiger partial charge in [-0.25, -0.2) is 0 Å². The maximum Gasteiger partial charge on any atom is 0.0724 e. The van der Waals surface area contributed by atoms with Crippen LogP contribution in [-0.4, -0.2) is 19.3 Å². The minimum atomic E-state index is 0.399. The smallest absolute Gasteiger partial charge is 0.0724 e. The minimum absolute atomic E-state index is 0.399. The van der Waals surface area contributed by atoms with Crippen molar-refractivity contribution in [3.63, 3.8) is 0 Å². The molecule has 3 atom stereocenters. The highest BCUT2D eigenvalue weighted by molar-refractivity contribution is 7.10. The number of ether oxygens (including phenoxy) is 1. The number of thiophene rings is 1. The quantitative estimate of drug-likeness (QED) is 0.865. The summed E-state index contributed by atoms with van der Waals surface area (Å²) in [5.74, 6) is 0.617. The Morgan fingerprint density at radius 1 is 1.41 bits per heavy atom. The van der Waals surface area contributed by atoms with E-state index < -0.39 is 0 Å². The molecule has 0 radical (unpaired) electrons. The molecule has 1 N–H and O–H groups in total. The first-order chi connectivity index (χ1) is 8.22. The third-order valence-corrected chi connectivity index (χ3v) is 4.62. The largest absolute Gasteiger partial charge is 0.380 e. The van der Waals surface area contributed by atoms with E-state index in [0.29, 0.717) is 24.1 Å². The van der Waals surface area contributed by atoms with Crippen molar-refractivity contribution in [1.82, 2.24) is 5.32 Å². The summed E-state index contributed by atoms with van der Waals surface area (Å²) in [6, 6.07) is 5.36. The maximum absolute atomic E-state index is 5.56. The number of methoxy groups -OCH3 is 1. The van der Waals surface area contributed by atoms with Gasteiger partial charge in [0.25, 0.3) is 0 Å². The minimum Gasteiger partial charge on any atom is -0.380 e. The highest BCUT2D eigenvalue weighted by atomic mass is 32.1. The van der Waals surface area contributed by atoms with Gasteiger partial charge in [0.05, 0.1) is 6.10 Å². The SMILES string of the molecule is COC1CCCC1NC(c1cccs1)C(C)C. The van der Waals surface area contributed by atoms with Crippen LogP contribution in [0.15, 0.2) is 17.5 Å². The molecule has 96 valence electrons. The molecule has 2 rings (SSSR count). The molecule has 3 heteroatoms. The first-order valence-corrected chi connectivity index (χ1v) is 7.42. The summed E-state index contributed by atoms with van der Waals surface area (Å²) in [7, 11) is 1.83. The van der Waals surface area contributed by atoms with Gasteiger partial charge in [-0.1, -0.05) is 19.9 Å². The molecular weight excluding hydrogens is 230 g/mol. The molecule has 1 heterocycles. The molecule has 1 aliphatic rings. The van der Waals surface area contributed by atoms with Crippen LogP contribution >= 0.6 is 11.3 Å². The summed E-state index contributed by atoms with van der Waals surface area (Å²) in [5, 5.41) is 5.97. The summed E-state index contributed by atoms with van der Waals surface area (Å²) in [6.45, 7) is 4.57. The fourth-order valence-corrected chi connectivity index (χ4v) is 3.66.